The maximum Gasteiger partial charge on any atom is 0.303 e. The molecule has 2 aromatic carbocycles. The summed E-state index contributed by atoms with van der Waals surface area (Å²) < 4.78 is 5.86. The second-order valence-corrected chi connectivity index (χ2v) is 10.0. The van der Waals surface area contributed by atoms with Gasteiger partial charge in [-0.3, -0.25) is 39.1 Å². The highest BCUT2D eigenvalue weighted by atomic mass is 32.1. The van der Waals surface area contributed by atoms with Crippen molar-refractivity contribution in [3.63, 3.8) is 0 Å². The molecule has 0 fully saturated rings. The molecule has 0 amide bonds. The molecule has 4 rings (SSSR count). The van der Waals surface area contributed by atoms with Crippen molar-refractivity contribution in [2.24, 2.45) is 0 Å². The van der Waals surface area contributed by atoms with Crippen LogP contribution in [0.2, 0.25) is 0 Å². The first-order valence-electron chi connectivity index (χ1n) is 12.5. The number of nitrogens with one attached hydrogen (secondary N) is 4. The Balaban J connectivity index is 0.000000210. The number of H-pyrrole nitrogens is 4. The second kappa shape index (κ2) is 18.0. The molecule has 2 heterocycles. The van der Waals surface area contributed by atoms with Gasteiger partial charge in [-0.2, -0.15) is 0 Å². The van der Waals surface area contributed by atoms with E-state index in [-0.39, 0.29) is 12.8 Å². The lowest BCUT2D eigenvalue weighted by Gasteiger charge is -1.98. The van der Waals surface area contributed by atoms with E-state index >= 15 is 0 Å². The number of carboxylic acid groups (broad SMARTS) is 2. The van der Waals surface area contributed by atoms with Gasteiger partial charge in [-0.15, -0.1) is 0 Å². The van der Waals surface area contributed by atoms with Crippen molar-refractivity contribution in [3.8, 4) is 11.4 Å². The van der Waals surface area contributed by atoms with E-state index in [1.54, 1.807) is 9.13 Å². The van der Waals surface area contributed by atoms with Crippen LogP contribution in [0.3, 0.4) is 0 Å². The van der Waals surface area contributed by atoms with Gasteiger partial charge >= 0.3 is 11.9 Å². The number of para-hydroxylation sites is 2. The molecule has 0 radical (unpaired) electrons. The maximum atomic E-state index is 10.1. The quantitative estimate of drug-likeness (QED) is 0.0748. The SMILES string of the molecule is O=C(O)CCCCCCCCC(=O)O.S=c1[nH][nH]c(=S)n1-c1ccccc1.S=c1[nH][nH]c(=S)n1-c1ccccc1. The summed E-state index contributed by atoms with van der Waals surface area (Å²) in [5.74, 6) is -1.48. The number of unbranched alkanes of at least 4 members (excludes halogenated alkanes) is 5. The van der Waals surface area contributed by atoms with Crippen LogP contribution >= 0.6 is 48.9 Å². The molecule has 214 valence electrons. The molecule has 0 saturated carbocycles. The maximum absolute atomic E-state index is 10.1. The van der Waals surface area contributed by atoms with Crippen molar-refractivity contribution in [1.82, 2.24) is 29.5 Å². The van der Waals surface area contributed by atoms with Gasteiger partial charge in [-0.1, -0.05) is 62.1 Å². The Bertz CT molecular complexity index is 1380. The van der Waals surface area contributed by atoms with Gasteiger partial charge in [0.1, 0.15) is 0 Å². The minimum atomic E-state index is -0.740. The molecule has 0 spiro atoms. The molecule has 14 heteroatoms. The fourth-order valence-corrected chi connectivity index (χ4v) is 4.61. The zero-order valence-corrected chi connectivity index (χ0v) is 24.9. The van der Waals surface area contributed by atoms with Crippen LogP contribution in [0.1, 0.15) is 51.4 Å². The number of benzene rings is 2. The largest absolute Gasteiger partial charge is 0.481 e. The number of hydrogen-bond donors (Lipinski definition) is 6. The van der Waals surface area contributed by atoms with Crippen LogP contribution in [0.4, 0.5) is 0 Å². The van der Waals surface area contributed by atoms with Crippen molar-refractivity contribution in [2.75, 3.05) is 0 Å². The first kappa shape index (κ1) is 32.8. The van der Waals surface area contributed by atoms with E-state index in [1.165, 1.54) is 0 Å². The lowest BCUT2D eigenvalue weighted by molar-refractivity contribution is -0.138. The first-order valence-corrected chi connectivity index (χ1v) is 14.2. The Hall–Kier alpha value is -3.46. The molecule has 0 atom stereocenters. The lowest BCUT2D eigenvalue weighted by Crippen LogP contribution is -1.94. The van der Waals surface area contributed by atoms with Crippen LogP contribution < -0.4 is 0 Å². The van der Waals surface area contributed by atoms with Gasteiger partial charge in [0.25, 0.3) is 0 Å². The van der Waals surface area contributed by atoms with E-state index in [4.69, 9.17) is 59.1 Å². The van der Waals surface area contributed by atoms with Crippen LogP contribution in [-0.4, -0.2) is 51.7 Å². The van der Waals surface area contributed by atoms with Crippen LogP contribution in [0, 0.1) is 19.1 Å². The van der Waals surface area contributed by atoms with E-state index in [0.29, 0.717) is 19.1 Å². The Morgan fingerprint density at radius 2 is 0.800 bits per heavy atom. The smallest absolute Gasteiger partial charge is 0.303 e. The van der Waals surface area contributed by atoms with Crippen molar-refractivity contribution in [3.05, 3.63) is 79.7 Å². The third kappa shape index (κ3) is 11.7. The zero-order valence-electron chi connectivity index (χ0n) is 21.7. The number of aromatic nitrogens is 6. The molecule has 0 saturated heterocycles. The molecule has 0 unspecified atom stereocenters. The van der Waals surface area contributed by atoms with E-state index < -0.39 is 11.9 Å². The number of rotatable bonds is 11. The fourth-order valence-electron chi connectivity index (χ4n) is 3.50. The number of carboxylic acids is 2. The van der Waals surface area contributed by atoms with E-state index in [0.717, 1.165) is 49.9 Å². The average molecular weight is 621 g/mol. The number of aliphatic carboxylic acids is 2. The number of aromatic amines is 4. The lowest BCUT2D eigenvalue weighted by atomic mass is 10.1. The molecule has 4 aromatic rings. The highest BCUT2D eigenvalue weighted by Crippen LogP contribution is 2.09. The van der Waals surface area contributed by atoms with E-state index in [2.05, 4.69) is 20.4 Å². The summed E-state index contributed by atoms with van der Waals surface area (Å²) >= 11 is 20.3. The molecule has 10 nitrogen and oxygen atoms in total. The predicted octanol–water partition coefficient (Wildman–Crippen LogP) is 7.46. The molecule has 0 bridgehead atoms. The van der Waals surface area contributed by atoms with Crippen LogP contribution in [0.5, 0.6) is 0 Å². The molecule has 0 aliphatic heterocycles. The third-order valence-electron chi connectivity index (χ3n) is 5.43. The van der Waals surface area contributed by atoms with Gasteiger partial charge in [0, 0.05) is 12.8 Å². The van der Waals surface area contributed by atoms with Gasteiger partial charge in [0.05, 0.1) is 11.4 Å². The molecular weight excluding hydrogens is 589 g/mol. The monoisotopic (exact) mass is 620 g/mol. The van der Waals surface area contributed by atoms with Crippen molar-refractivity contribution in [1.29, 1.82) is 0 Å². The molecule has 0 aliphatic carbocycles. The minimum Gasteiger partial charge on any atom is -0.481 e. The Labute approximate surface area is 251 Å². The molecule has 40 heavy (non-hydrogen) atoms. The van der Waals surface area contributed by atoms with Gasteiger partial charge in [0.15, 0.2) is 19.1 Å². The third-order valence-corrected chi connectivity index (χ3v) is 6.56. The van der Waals surface area contributed by atoms with Crippen LogP contribution in [0.25, 0.3) is 11.4 Å². The normalized spacial score (nSPS) is 10.1. The summed E-state index contributed by atoms with van der Waals surface area (Å²) in [6.45, 7) is 0. The molecular formula is C26H32N6O4S4. The minimum absolute atomic E-state index is 0.245. The second-order valence-electron chi connectivity index (χ2n) is 8.47. The Kier molecular flexibility index (Phi) is 14.7. The van der Waals surface area contributed by atoms with E-state index in [1.807, 2.05) is 60.7 Å². The van der Waals surface area contributed by atoms with Gasteiger partial charge in [0.2, 0.25) is 0 Å². The fraction of sp³-hybridized carbons (Fsp3) is 0.308. The predicted molar refractivity (Wildman–Crippen MR) is 164 cm³/mol. The summed E-state index contributed by atoms with van der Waals surface area (Å²) in [7, 11) is 0. The molecule has 6 N–H and O–H groups in total. The molecule has 2 aromatic heterocycles. The Morgan fingerprint density at radius 1 is 0.525 bits per heavy atom. The first-order chi connectivity index (χ1) is 19.2. The number of nitrogens with zero attached hydrogens (tertiary/aromatic N) is 2. The highest BCUT2D eigenvalue weighted by Gasteiger charge is 2.00. The van der Waals surface area contributed by atoms with Gasteiger partial charge in [-0.05, 0) is 86.0 Å². The Morgan fingerprint density at radius 3 is 1.07 bits per heavy atom. The van der Waals surface area contributed by atoms with Crippen molar-refractivity contribution in [2.45, 2.75) is 51.4 Å². The number of carbonyl (C=O) groups is 2. The zero-order chi connectivity index (χ0) is 29.3. The van der Waals surface area contributed by atoms with Crippen molar-refractivity contribution < 1.29 is 19.8 Å². The summed E-state index contributed by atoms with van der Waals surface area (Å²) in [6.07, 6.45) is 5.82. The van der Waals surface area contributed by atoms with Crippen LogP contribution in [-0.2, 0) is 9.59 Å². The van der Waals surface area contributed by atoms with Crippen LogP contribution in [0.15, 0.2) is 60.7 Å². The van der Waals surface area contributed by atoms with Crippen molar-refractivity contribution >= 4 is 60.8 Å². The average Bonchev–Trinajstić information content (AvgIpc) is 3.46. The molecule has 0 aliphatic rings. The number of hydrogen-bond acceptors (Lipinski definition) is 6. The summed E-state index contributed by atoms with van der Waals surface area (Å²) in [5, 5.41) is 27.8. The standard InChI is InChI=1S/C10H18O4.2C8H7N3S2/c11-9(12)7-5-3-1-2-4-6-8-10(13)14;2*12-7-9-10-8(13)11(7)6-4-2-1-3-5-6/h1-8H2,(H,11,12)(H,13,14);2*1-5H,(H,9,12)(H,10,13). The van der Waals surface area contributed by atoms with Gasteiger partial charge in [-0.25, -0.2) is 0 Å². The highest BCUT2D eigenvalue weighted by molar-refractivity contribution is 7.72. The summed E-state index contributed by atoms with van der Waals surface area (Å²) in [4.78, 5) is 20.3. The van der Waals surface area contributed by atoms with Gasteiger partial charge < -0.3 is 10.2 Å². The van der Waals surface area contributed by atoms with E-state index in [9.17, 15) is 9.59 Å². The topological polar surface area (TPSA) is 148 Å². The summed E-state index contributed by atoms with van der Waals surface area (Å²) in [6, 6.07) is 19.5. The summed E-state index contributed by atoms with van der Waals surface area (Å²) in [5.41, 5.74) is 1.94.